The molecular formula is C17H27NO3. The van der Waals surface area contributed by atoms with Crippen LogP contribution in [0.25, 0.3) is 0 Å². The summed E-state index contributed by atoms with van der Waals surface area (Å²) in [5, 5.41) is 12.7. The van der Waals surface area contributed by atoms with E-state index in [2.05, 4.69) is 19.2 Å². The first-order valence-electron chi connectivity index (χ1n) is 7.70. The van der Waals surface area contributed by atoms with Crippen LogP contribution in [0.5, 0.6) is 11.5 Å². The van der Waals surface area contributed by atoms with Crippen LogP contribution in [0.3, 0.4) is 0 Å². The van der Waals surface area contributed by atoms with Crippen molar-refractivity contribution in [1.29, 1.82) is 0 Å². The van der Waals surface area contributed by atoms with Gasteiger partial charge in [-0.1, -0.05) is 45.6 Å². The Bertz CT molecular complexity index is 444. The maximum absolute atomic E-state index is 12.0. The molecule has 21 heavy (non-hydrogen) atoms. The molecule has 1 aromatic carbocycles. The summed E-state index contributed by atoms with van der Waals surface area (Å²) in [6, 6.07) is 4.91. The summed E-state index contributed by atoms with van der Waals surface area (Å²) in [5.74, 6) is 0.722. The smallest absolute Gasteiger partial charge is 0.255 e. The Balaban J connectivity index is 2.28. The van der Waals surface area contributed by atoms with Gasteiger partial charge in [-0.25, -0.2) is 0 Å². The van der Waals surface area contributed by atoms with E-state index in [4.69, 9.17) is 4.74 Å². The lowest BCUT2D eigenvalue weighted by molar-refractivity contribution is 0.0949. The highest BCUT2D eigenvalue weighted by Gasteiger charge is 2.13. The minimum absolute atomic E-state index is 0.102. The predicted octanol–water partition coefficient (Wildman–Crippen LogP) is 3.74. The molecule has 0 bridgehead atoms. The quantitative estimate of drug-likeness (QED) is 0.682. The standard InChI is InChI=1S/C17H27NO3/c1-13(2)9-6-4-5-7-12-18-17(20)14-10-8-11-15(21-3)16(14)19/h8,10-11,13,19H,4-7,9,12H2,1-3H3,(H,18,20). The first kappa shape index (κ1) is 17.3. The number of carbonyl (C=O) groups excluding carboxylic acids is 1. The minimum Gasteiger partial charge on any atom is -0.504 e. The molecule has 0 unspecified atom stereocenters. The van der Waals surface area contributed by atoms with Crippen molar-refractivity contribution in [3.05, 3.63) is 23.8 Å². The van der Waals surface area contributed by atoms with Crippen LogP contribution < -0.4 is 10.1 Å². The Kier molecular flexibility index (Phi) is 7.65. The van der Waals surface area contributed by atoms with Crippen molar-refractivity contribution in [2.45, 2.75) is 46.0 Å². The van der Waals surface area contributed by atoms with E-state index in [0.717, 1.165) is 18.8 Å². The topological polar surface area (TPSA) is 58.6 Å². The minimum atomic E-state index is -0.256. The molecule has 118 valence electrons. The highest BCUT2D eigenvalue weighted by molar-refractivity contribution is 5.97. The molecule has 0 aliphatic carbocycles. The molecule has 4 heteroatoms. The molecule has 0 radical (unpaired) electrons. The molecular weight excluding hydrogens is 266 g/mol. The second kappa shape index (κ2) is 9.27. The van der Waals surface area contributed by atoms with Crippen LogP contribution in [0.2, 0.25) is 0 Å². The number of hydrogen-bond acceptors (Lipinski definition) is 3. The van der Waals surface area contributed by atoms with Crippen LogP contribution in [-0.4, -0.2) is 24.7 Å². The molecule has 2 N–H and O–H groups in total. The molecule has 4 nitrogen and oxygen atoms in total. The first-order chi connectivity index (χ1) is 10.1. The van der Waals surface area contributed by atoms with E-state index in [-0.39, 0.29) is 17.2 Å². The van der Waals surface area contributed by atoms with E-state index >= 15 is 0 Å². The highest BCUT2D eigenvalue weighted by Crippen LogP contribution is 2.29. The van der Waals surface area contributed by atoms with Crippen LogP contribution in [-0.2, 0) is 0 Å². The molecule has 1 rings (SSSR count). The number of unbranched alkanes of at least 4 members (excludes halogenated alkanes) is 3. The van der Waals surface area contributed by atoms with Crippen molar-refractivity contribution in [1.82, 2.24) is 5.32 Å². The fraction of sp³-hybridized carbons (Fsp3) is 0.588. The van der Waals surface area contributed by atoms with Gasteiger partial charge in [-0.15, -0.1) is 0 Å². The maximum atomic E-state index is 12.0. The highest BCUT2D eigenvalue weighted by atomic mass is 16.5. The Hall–Kier alpha value is -1.71. The van der Waals surface area contributed by atoms with Crippen molar-refractivity contribution >= 4 is 5.91 Å². The maximum Gasteiger partial charge on any atom is 0.255 e. The Morgan fingerprint density at radius 3 is 2.62 bits per heavy atom. The van der Waals surface area contributed by atoms with Gasteiger partial charge in [-0.05, 0) is 24.5 Å². The average molecular weight is 293 g/mol. The number of carbonyl (C=O) groups is 1. The number of amides is 1. The summed E-state index contributed by atoms with van der Waals surface area (Å²) in [5.41, 5.74) is 0.258. The summed E-state index contributed by atoms with van der Waals surface area (Å²) in [6.45, 7) is 5.11. The Morgan fingerprint density at radius 1 is 1.24 bits per heavy atom. The summed E-state index contributed by atoms with van der Waals surface area (Å²) in [6.07, 6.45) is 5.82. The molecule has 0 fully saturated rings. The summed E-state index contributed by atoms with van der Waals surface area (Å²) < 4.78 is 4.99. The largest absolute Gasteiger partial charge is 0.504 e. The molecule has 1 aromatic rings. The number of methoxy groups -OCH3 is 1. The molecule has 0 aromatic heterocycles. The van der Waals surface area contributed by atoms with Crippen molar-refractivity contribution in [3.63, 3.8) is 0 Å². The lowest BCUT2D eigenvalue weighted by Gasteiger charge is -2.09. The lowest BCUT2D eigenvalue weighted by Crippen LogP contribution is -2.24. The number of rotatable bonds is 9. The van der Waals surface area contributed by atoms with E-state index in [9.17, 15) is 9.90 Å². The molecule has 0 heterocycles. The third kappa shape index (κ3) is 6.06. The number of phenolic OH excluding ortho intramolecular Hbond substituents is 1. The second-order valence-electron chi connectivity index (χ2n) is 5.71. The molecule has 0 atom stereocenters. The summed E-state index contributed by atoms with van der Waals surface area (Å²) in [7, 11) is 1.47. The molecule has 0 saturated heterocycles. The zero-order valence-corrected chi connectivity index (χ0v) is 13.3. The first-order valence-corrected chi connectivity index (χ1v) is 7.70. The van der Waals surface area contributed by atoms with Crippen LogP contribution in [0, 0.1) is 5.92 Å². The fourth-order valence-corrected chi connectivity index (χ4v) is 2.20. The number of benzene rings is 1. The van der Waals surface area contributed by atoms with Gasteiger partial charge in [0, 0.05) is 6.54 Å². The van der Waals surface area contributed by atoms with E-state index in [1.165, 1.54) is 26.4 Å². The predicted molar refractivity (Wildman–Crippen MR) is 84.9 cm³/mol. The molecule has 0 aliphatic rings. The van der Waals surface area contributed by atoms with Gasteiger partial charge in [0.1, 0.15) is 0 Å². The van der Waals surface area contributed by atoms with Crippen LogP contribution in [0.1, 0.15) is 56.3 Å². The number of phenols is 1. The van der Waals surface area contributed by atoms with Gasteiger partial charge in [0.15, 0.2) is 11.5 Å². The van der Waals surface area contributed by atoms with Gasteiger partial charge in [0.25, 0.3) is 5.91 Å². The van der Waals surface area contributed by atoms with Crippen LogP contribution in [0.4, 0.5) is 0 Å². The number of aromatic hydroxyl groups is 1. The molecule has 0 spiro atoms. The molecule has 0 aliphatic heterocycles. The van der Waals surface area contributed by atoms with Gasteiger partial charge >= 0.3 is 0 Å². The average Bonchev–Trinajstić information content (AvgIpc) is 2.46. The zero-order chi connectivity index (χ0) is 15.7. The molecule has 1 amide bonds. The number of para-hydroxylation sites is 1. The third-order valence-corrected chi connectivity index (χ3v) is 3.46. The van der Waals surface area contributed by atoms with Gasteiger partial charge in [0.2, 0.25) is 0 Å². The van der Waals surface area contributed by atoms with Crippen molar-refractivity contribution in [2.24, 2.45) is 5.92 Å². The van der Waals surface area contributed by atoms with Gasteiger partial charge in [-0.2, -0.15) is 0 Å². The SMILES string of the molecule is COc1cccc(C(=O)NCCCCCCC(C)C)c1O. The van der Waals surface area contributed by atoms with Crippen LogP contribution >= 0.6 is 0 Å². The molecule has 0 saturated carbocycles. The number of ether oxygens (including phenoxy) is 1. The van der Waals surface area contributed by atoms with Gasteiger partial charge in [0.05, 0.1) is 12.7 Å². The van der Waals surface area contributed by atoms with Gasteiger partial charge in [-0.3, -0.25) is 4.79 Å². The van der Waals surface area contributed by atoms with E-state index < -0.39 is 0 Å². The van der Waals surface area contributed by atoms with Crippen molar-refractivity contribution in [3.8, 4) is 11.5 Å². The number of hydrogen-bond donors (Lipinski definition) is 2. The normalized spacial score (nSPS) is 10.7. The summed E-state index contributed by atoms with van der Waals surface area (Å²) in [4.78, 5) is 12.0. The lowest BCUT2D eigenvalue weighted by atomic mass is 10.0. The Labute approximate surface area is 127 Å². The van der Waals surface area contributed by atoms with Crippen molar-refractivity contribution in [2.75, 3.05) is 13.7 Å². The van der Waals surface area contributed by atoms with E-state index in [1.54, 1.807) is 18.2 Å². The van der Waals surface area contributed by atoms with Gasteiger partial charge < -0.3 is 15.2 Å². The second-order valence-corrected chi connectivity index (χ2v) is 5.71. The van der Waals surface area contributed by atoms with Crippen molar-refractivity contribution < 1.29 is 14.6 Å². The van der Waals surface area contributed by atoms with Crippen LogP contribution in [0.15, 0.2) is 18.2 Å². The van der Waals surface area contributed by atoms with E-state index in [0.29, 0.717) is 12.3 Å². The number of nitrogens with one attached hydrogen (secondary N) is 1. The van der Waals surface area contributed by atoms with E-state index in [1.807, 2.05) is 0 Å². The monoisotopic (exact) mass is 293 g/mol. The summed E-state index contributed by atoms with van der Waals surface area (Å²) >= 11 is 0. The third-order valence-electron chi connectivity index (χ3n) is 3.46. The zero-order valence-electron chi connectivity index (χ0n) is 13.3. The Morgan fingerprint density at radius 2 is 1.95 bits per heavy atom. The fourth-order valence-electron chi connectivity index (χ4n) is 2.20.